The van der Waals surface area contributed by atoms with E-state index in [4.69, 9.17) is 4.74 Å². The molecule has 0 radical (unpaired) electrons. The van der Waals surface area contributed by atoms with Gasteiger partial charge in [-0.2, -0.15) is 0 Å². The van der Waals surface area contributed by atoms with Gasteiger partial charge in [-0.1, -0.05) is 37.3 Å². The quantitative estimate of drug-likeness (QED) is 0.370. The SMILES string of the molecule is C[C@@H]1CN([C@@H](C)CO)C(=O)Cc2cc(NC(=O)Cc3ccccc3)ccc2O[C@@H]1CN(C)C(=O)Nc1ccc(F)cc1. The topological polar surface area (TPSA) is 111 Å². The number of carbonyl (C=O) groups excluding carboxylic acids is 3. The lowest BCUT2D eigenvalue weighted by Crippen LogP contribution is -2.48. The molecule has 3 aromatic carbocycles. The number of rotatable bonds is 8. The molecule has 0 unspecified atom stereocenters. The van der Waals surface area contributed by atoms with Crippen LogP contribution in [0.25, 0.3) is 0 Å². The predicted octanol–water partition coefficient (Wildman–Crippen LogP) is 4.32. The summed E-state index contributed by atoms with van der Waals surface area (Å²) in [4.78, 5) is 42.2. The first-order valence-corrected chi connectivity index (χ1v) is 13.9. The molecule has 3 N–H and O–H groups in total. The summed E-state index contributed by atoms with van der Waals surface area (Å²) in [5, 5.41) is 15.5. The van der Waals surface area contributed by atoms with E-state index >= 15 is 0 Å². The second-order valence-corrected chi connectivity index (χ2v) is 10.7. The smallest absolute Gasteiger partial charge is 0.321 e. The highest BCUT2D eigenvalue weighted by atomic mass is 19.1. The van der Waals surface area contributed by atoms with Gasteiger partial charge in [0.1, 0.15) is 17.7 Å². The summed E-state index contributed by atoms with van der Waals surface area (Å²) in [6.07, 6.45) is -0.283. The van der Waals surface area contributed by atoms with Crippen LogP contribution in [0.4, 0.5) is 20.6 Å². The highest BCUT2D eigenvalue weighted by molar-refractivity contribution is 5.93. The van der Waals surface area contributed by atoms with Crippen LogP contribution in [0.15, 0.2) is 72.8 Å². The molecule has 1 aliphatic heterocycles. The molecule has 1 aliphatic rings. The molecule has 0 bridgehead atoms. The number of aliphatic hydroxyl groups is 1. The zero-order valence-electron chi connectivity index (χ0n) is 24.0. The van der Waals surface area contributed by atoms with Crippen molar-refractivity contribution >= 4 is 29.2 Å². The summed E-state index contributed by atoms with van der Waals surface area (Å²) in [6, 6.07) is 19.3. The number of likely N-dealkylation sites (N-methyl/N-ethyl adjacent to an activating group) is 1. The van der Waals surface area contributed by atoms with Gasteiger partial charge in [0.25, 0.3) is 0 Å². The van der Waals surface area contributed by atoms with Gasteiger partial charge in [-0.3, -0.25) is 9.59 Å². The maximum absolute atomic E-state index is 13.4. The predicted molar refractivity (Wildman–Crippen MR) is 159 cm³/mol. The van der Waals surface area contributed by atoms with Gasteiger partial charge in [0, 0.05) is 36.4 Å². The van der Waals surface area contributed by atoms with Crippen LogP contribution in [0.2, 0.25) is 0 Å². The number of hydrogen-bond acceptors (Lipinski definition) is 5. The number of amides is 4. The number of hydrogen-bond donors (Lipinski definition) is 3. The van der Waals surface area contributed by atoms with E-state index in [2.05, 4.69) is 10.6 Å². The van der Waals surface area contributed by atoms with Crippen LogP contribution in [0.3, 0.4) is 0 Å². The first kappa shape index (κ1) is 30.5. The molecule has 0 saturated heterocycles. The molecule has 10 heteroatoms. The van der Waals surface area contributed by atoms with Crippen molar-refractivity contribution in [2.45, 2.75) is 38.8 Å². The second-order valence-electron chi connectivity index (χ2n) is 10.7. The molecule has 222 valence electrons. The second kappa shape index (κ2) is 14.0. The Labute approximate surface area is 245 Å². The van der Waals surface area contributed by atoms with Gasteiger partial charge < -0.3 is 30.3 Å². The summed E-state index contributed by atoms with van der Waals surface area (Å²) in [5.74, 6) is -0.494. The van der Waals surface area contributed by atoms with Crippen molar-refractivity contribution in [1.29, 1.82) is 0 Å². The third kappa shape index (κ3) is 8.07. The van der Waals surface area contributed by atoms with Gasteiger partial charge in [0.15, 0.2) is 0 Å². The molecule has 0 saturated carbocycles. The lowest BCUT2D eigenvalue weighted by molar-refractivity contribution is -0.134. The van der Waals surface area contributed by atoms with E-state index in [0.29, 0.717) is 29.2 Å². The molecule has 4 rings (SSSR count). The van der Waals surface area contributed by atoms with E-state index in [9.17, 15) is 23.9 Å². The van der Waals surface area contributed by atoms with Crippen molar-refractivity contribution in [3.63, 3.8) is 0 Å². The molecule has 4 amide bonds. The van der Waals surface area contributed by atoms with Crippen LogP contribution in [-0.2, 0) is 22.4 Å². The van der Waals surface area contributed by atoms with Crippen molar-refractivity contribution in [2.75, 3.05) is 37.4 Å². The number of benzene rings is 3. The number of fused-ring (bicyclic) bond motifs is 1. The summed E-state index contributed by atoms with van der Waals surface area (Å²) >= 11 is 0. The molecule has 0 aliphatic carbocycles. The monoisotopic (exact) mass is 576 g/mol. The third-order valence-electron chi connectivity index (χ3n) is 7.30. The van der Waals surface area contributed by atoms with Gasteiger partial charge in [-0.05, 0) is 55.0 Å². The van der Waals surface area contributed by atoms with E-state index in [1.165, 1.54) is 29.2 Å². The van der Waals surface area contributed by atoms with E-state index < -0.39 is 24.0 Å². The fourth-order valence-corrected chi connectivity index (χ4v) is 4.82. The molecule has 3 atom stereocenters. The van der Waals surface area contributed by atoms with E-state index in [1.54, 1.807) is 37.1 Å². The summed E-state index contributed by atoms with van der Waals surface area (Å²) in [7, 11) is 1.63. The minimum absolute atomic E-state index is 0.0163. The minimum atomic E-state index is -0.509. The Morgan fingerprint density at radius 3 is 2.45 bits per heavy atom. The number of nitrogens with zero attached hydrogens (tertiary/aromatic N) is 2. The number of nitrogens with one attached hydrogen (secondary N) is 2. The van der Waals surface area contributed by atoms with Gasteiger partial charge in [0.2, 0.25) is 11.8 Å². The summed E-state index contributed by atoms with van der Waals surface area (Å²) in [5.41, 5.74) is 2.46. The lowest BCUT2D eigenvalue weighted by Gasteiger charge is -2.34. The first-order chi connectivity index (χ1) is 20.1. The highest BCUT2D eigenvalue weighted by Crippen LogP contribution is 2.29. The molecule has 1 heterocycles. The fourth-order valence-electron chi connectivity index (χ4n) is 4.82. The average molecular weight is 577 g/mol. The third-order valence-corrected chi connectivity index (χ3v) is 7.30. The Kier molecular flexibility index (Phi) is 10.1. The summed E-state index contributed by atoms with van der Waals surface area (Å²) in [6.45, 7) is 4.02. The Balaban J connectivity index is 1.55. The van der Waals surface area contributed by atoms with Crippen molar-refractivity contribution in [3.8, 4) is 5.75 Å². The van der Waals surface area contributed by atoms with Crippen LogP contribution >= 0.6 is 0 Å². The van der Waals surface area contributed by atoms with E-state index in [0.717, 1.165) is 5.56 Å². The number of urea groups is 1. The number of aliphatic hydroxyl groups excluding tert-OH is 1. The highest BCUT2D eigenvalue weighted by Gasteiger charge is 2.32. The molecule has 0 fully saturated rings. The molecular weight excluding hydrogens is 539 g/mol. The van der Waals surface area contributed by atoms with Crippen LogP contribution in [-0.4, -0.2) is 71.6 Å². The molecule has 9 nitrogen and oxygen atoms in total. The maximum Gasteiger partial charge on any atom is 0.321 e. The molecule has 0 aromatic heterocycles. The van der Waals surface area contributed by atoms with Crippen LogP contribution < -0.4 is 15.4 Å². The Hall–Kier alpha value is -4.44. The maximum atomic E-state index is 13.4. The van der Waals surface area contributed by atoms with Crippen molar-refractivity contribution in [3.05, 3.63) is 89.7 Å². The van der Waals surface area contributed by atoms with Crippen molar-refractivity contribution in [1.82, 2.24) is 9.80 Å². The lowest BCUT2D eigenvalue weighted by atomic mass is 10.0. The number of ether oxygens (including phenoxy) is 1. The number of carbonyl (C=O) groups is 3. The molecule has 42 heavy (non-hydrogen) atoms. The Morgan fingerprint density at radius 2 is 1.76 bits per heavy atom. The van der Waals surface area contributed by atoms with Crippen molar-refractivity contribution in [2.24, 2.45) is 5.92 Å². The molecule has 3 aromatic rings. The summed E-state index contributed by atoms with van der Waals surface area (Å²) < 4.78 is 19.7. The van der Waals surface area contributed by atoms with Gasteiger partial charge in [-0.25, -0.2) is 9.18 Å². The Morgan fingerprint density at radius 1 is 1.07 bits per heavy atom. The molecule has 0 spiro atoms. The van der Waals surface area contributed by atoms with E-state index in [1.807, 2.05) is 37.3 Å². The van der Waals surface area contributed by atoms with Crippen LogP contribution in [0, 0.1) is 11.7 Å². The fraction of sp³-hybridized carbons (Fsp3) is 0.344. The number of halogens is 1. The van der Waals surface area contributed by atoms with Crippen LogP contribution in [0.1, 0.15) is 25.0 Å². The van der Waals surface area contributed by atoms with Crippen LogP contribution in [0.5, 0.6) is 5.75 Å². The van der Waals surface area contributed by atoms with Crippen molar-refractivity contribution < 1.29 is 28.6 Å². The van der Waals surface area contributed by atoms with Gasteiger partial charge in [-0.15, -0.1) is 0 Å². The van der Waals surface area contributed by atoms with Gasteiger partial charge >= 0.3 is 6.03 Å². The molecular formula is C32H37FN4O5. The average Bonchev–Trinajstić information content (AvgIpc) is 3.01. The first-order valence-electron chi connectivity index (χ1n) is 13.9. The minimum Gasteiger partial charge on any atom is -0.488 e. The standard InChI is InChI=1S/C32H37FN4O5/c1-21-18-37(22(2)20-38)31(40)17-24-16-27(34-30(39)15-23-7-5-4-6-8-23)13-14-28(24)42-29(21)19-36(3)32(41)35-26-11-9-25(33)10-12-26/h4-14,16,21-22,29,38H,15,17-20H2,1-3H3,(H,34,39)(H,35,41)/t21-,22+,29-/m1/s1. The zero-order valence-corrected chi connectivity index (χ0v) is 24.0. The normalized spacial score (nSPS) is 17.5. The van der Waals surface area contributed by atoms with Gasteiger partial charge in [0.05, 0.1) is 32.0 Å². The van der Waals surface area contributed by atoms with E-state index in [-0.39, 0.29) is 43.7 Å². The largest absolute Gasteiger partial charge is 0.488 e. The number of anilines is 2. The Bertz CT molecular complexity index is 1390. The zero-order chi connectivity index (χ0) is 30.2.